The van der Waals surface area contributed by atoms with Gasteiger partial charge in [-0.05, 0) is 31.4 Å². The molecular weight excluding hydrogens is 232 g/mol. The van der Waals surface area contributed by atoms with Crippen molar-refractivity contribution in [1.82, 2.24) is 9.88 Å². The van der Waals surface area contributed by atoms with Crippen LogP contribution in [0.2, 0.25) is 0 Å². The number of hydrogen-bond acceptors (Lipinski definition) is 3. The first kappa shape index (κ1) is 12.5. The van der Waals surface area contributed by atoms with E-state index in [9.17, 15) is 9.59 Å². The maximum atomic E-state index is 12.1. The molecule has 1 aromatic rings. The van der Waals surface area contributed by atoms with Crippen LogP contribution in [0.1, 0.15) is 24.1 Å². The molecule has 0 atom stereocenters. The standard InChI is InChI=1S/C13H16N2O3/c1-9-3-2-6-14-11(9)7-12(16)15(8-13(17)18)10-4-5-10/h2-3,6,10H,4-5,7-8H2,1H3,(H,17,18). The Hall–Kier alpha value is -1.91. The molecule has 1 aromatic heterocycles. The second-order valence-corrected chi connectivity index (χ2v) is 4.59. The fourth-order valence-electron chi connectivity index (χ4n) is 1.90. The number of nitrogens with zero attached hydrogens (tertiary/aromatic N) is 2. The van der Waals surface area contributed by atoms with E-state index in [1.807, 2.05) is 19.1 Å². The normalized spacial score (nSPS) is 14.3. The van der Waals surface area contributed by atoms with E-state index < -0.39 is 5.97 Å². The summed E-state index contributed by atoms with van der Waals surface area (Å²) in [4.78, 5) is 28.5. The summed E-state index contributed by atoms with van der Waals surface area (Å²) in [6.07, 6.45) is 3.63. The Morgan fingerprint density at radius 3 is 2.78 bits per heavy atom. The highest BCUT2D eigenvalue weighted by atomic mass is 16.4. The molecule has 0 spiro atoms. The van der Waals surface area contributed by atoms with E-state index in [2.05, 4.69) is 4.98 Å². The van der Waals surface area contributed by atoms with Gasteiger partial charge in [-0.25, -0.2) is 0 Å². The number of amides is 1. The van der Waals surface area contributed by atoms with Crippen LogP contribution < -0.4 is 0 Å². The van der Waals surface area contributed by atoms with Crippen LogP contribution in [0.5, 0.6) is 0 Å². The average molecular weight is 248 g/mol. The number of carbonyl (C=O) groups is 2. The van der Waals surface area contributed by atoms with E-state index in [0.717, 1.165) is 24.1 Å². The van der Waals surface area contributed by atoms with E-state index in [4.69, 9.17) is 5.11 Å². The van der Waals surface area contributed by atoms with Gasteiger partial charge in [0.25, 0.3) is 0 Å². The molecule has 2 rings (SSSR count). The average Bonchev–Trinajstić information content (AvgIpc) is 3.12. The number of aryl methyl sites for hydroxylation is 1. The number of pyridine rings is 1. The summed E-state index contributed by atoms with van der Waals surface area (Å²) >= 11 is 0. The maximum absolute atomic E-state index is 12.1. The van der Waals surface area contributed by atoms with E-state index >= 15 is 0 Å². The Kier molecular flexibility index (Phi) is 3.60. The van der Waals surface area contributed by atoms with Crippen molar-refractivity contribution < 1.29 is 14.7 Å². The van der Waals surface area contributed by atoms with Crippen molar-refractivity contribution in [2.45, 2.75) is 32.2 Å². The largest absolute Gasteiger partial charge is 0.480 e. The van der Waals surface area contributed by atoms with Crippen molar-refractivity contribution in [2.24, 2.45) is 0 Å². The zero-order chi connectivity index (χ0) is 13.1. The second-order valence-electron chi connectivity index (χ2n) is 4.59. The zero-order valence-electron chi connectivity index (χ0n) is 10.3. The van der Waals surface area contributed by atoms with Gasteiger partial charge in [-0.3, -0.25) is 14.6 Å². The third-order valence-electron chi connectivity index (χ3n) is 3.05. The predicted molar refractivity (Wildman–Crippen MR) is 65.0 cm³/mol. The molecule has 0 unspecified atom stereocenters. The van der Waals surface area contributed by atoms with Crippen LogP contribution in [-0.4, -0.2) is 39.5 Å². The van der Waals surface area contributed by atoms with Crippen molar-refractivity contribution in [1.29, 1.82) is 0 Å². The highest BCUT2D eigenvalue weighted by Crippen LogP contribution is 2.27. The summed E-state index contributed by atoms with van der Waals surface area (Å²) in [7, 11) is 0. The van der Waals surface area contributed by atoms with Crippen molar-refractivity contribution in [3.63, 3.8) is 0 Å². The predicted octanol–water partition coefficient (Wildman–Crippen LogP) is 1.01. The van der Waals surface area contributed by atoms with Crippen molar-refractivity contribution in [3.8, 4) is 0 Å². The fraction of sp³-hybridized carbons (Fsp3) is 0.462. The molecule has 1 heterocycles. The molecule has 5 nitrogen and oxygen atoms in total. The summed E-state index contributed by atoms with van der Waals surface area (Å²) in [5.41, 5.74) is 1.68. The Morgan fingerprint density at radius 2 is 2.22 bits per heavy atom. The number of carbonyl (C=O) groups excluding carboxylic acids is 1. The SMILES string of the molecule is Cc1cccnc1CC(=O)N(CC(=O)O)C1CC1. The number of rotatable bonds is 5. The van der Waals surface area contributed by atoms with Crippen LogP contribution >= 0.6 is 0 Å². The summed E-state index contributed by atoms with van der Waals surface area (Å²) in [5, 5.41) is 8.82. The lowest BCUT2D eigenvalue weighted by Gasteiger charge is -2.20. The number of carboxylic acid groups (broad SMARTS) is 1. The van der Waals surface area contributed by atoms with Crippen LogP contribution in [0.4, 0.5) is 0 Å². The lowest BCUT2D eigenvalue weighted by Crippen LogP contribution is -2.38. The third-order valence-corrected chi connectivity index (χ3v) is 3.05. The number of aliphatic carboxylic acids is 1. The highest BCUT2D eigenvalue weighted by Gasteiger charge is 2.33. The molecule has 0 aliphatic heterocycles. The van der Waals surface area contributed by atoms with Gasteiger partial charge in [-0.15, -0.1) is 0 Å². The number of hydrogen-bond donors (Lipinski definition) is 1. The molecule has 0 saturated heterocycles. The second kappa shape index (κ2) is 5.16. The first-order chi connectivity index (χ1) is 8.58. The zero-order valence-corrected chi connectivity index (χ0v) is 10.3. The third kappa shape index (κ3) is 3.06. The van der Waals surface area contributed by atoms with Gasteiger partial charge >= 0.3 is 5.97 Å². The molecule has 5 heteroatoms. The Labute approximate surface area is 105 Å². The molecule has 1 fully saturated rings. The number of aromatic nitrogens is 1. The van der Waals surface area contributed by atoms with Gasteiger partial charge in [0.2, 0.25) is 5.91 Å². The highest BCUT2D eigenvalue weighted by molar-refractivity contribution is 5.83. The van der Waals surface area contributed by atoms with Gasteiger partial charge in [-0.2, -0.15) is 0 Å². The molecule has 1 N–H and O–H groups in total. The van der Waals surface area contributed by atoms with Crippen LogP contribution in [0.15, 0.2) is 18.3 Å². The first-order valence-electron chi connectivity index (χ1n) is 5.99. The van der Waals surface area contributed by atoms with Crippen LogP contribution in [0.3, 0.4) is 0 Å². The summed E-state index contributed by atoms with van der Waals surface area (Å²) in [5.74, 6) is -1.12. The van der Waals surface area contributed by atoms with Crippen molar-refractivity contribution >= 4 is 11.9 Å². The monoisotopic (exact) mass is 248 g/mol. The minimum Gasteiger partial charge on any atom is -0.480 e. The van der Waals surface area contributed by atoms with E-state index in [1.54, 1.807) is 6.20 Å². The van der Waals surface area contributed by atoms with Gasteiger partial charge in [-0.1, -0.05) is 6.07 Å². The van der Waals surface area contributed by atoms with Crippen LogP contribution in [0, 0.1) is 6.92 Å². The van der Waals surface area contributed by atoms with Gasteiger partial charge in [0.1, 0.15) is 6.54 Å². The maximum Gasteiger partial charge on any atom is 0.323 e. The Morgan fingerprint density at radius 1 is 1.50 bits per heavy atom. The van der Waals surface area contributed by atoms with Gasteiger partial charge < -0.3 is 10.0 Å². The molecule has 0 bridgehead atoms. The molecular formula is C13H16N2O3. The van der Waals surface area contributed by atoms with E-state index in [-0.39, 0.29) is 24.9 Å². The minimum atomic E-state index is -0.965. The molecule has 96 valence electrons. The molecule has 1 saturated carbocycles. The number of carboxylic acids is 1. The molecule has 1 amide bonds. The fourth-order valence-corrected chi connectivity index (χ4v) is 1.90. The molecule has 0 radical (unpaired) electrons. The van der Waals surface area contributed by atoms with E-state index in [1.165, 1.54) is 4.90 Å². The van der Waals surface area contributed by atoms with Crippen molar-refractivity contribution in [2.75, 3.05) is 6.54 Å². The van der Waals surface area contributed by atoms with E-state index in [0.29, 0.717) is 0 Å². The lowest BCUT2D eigenvalue weighted by atomic mass is 10.1. The minimum absolute atomic E-state index is 0.109. The smallest absolute Gasteiger partial charge is 0.323 e. The molecule has 18 heavy (non-hydrogen) atoms. The van der Waals surface area contributed by atoms with Gasteiger partial charge in [0.05, 0.1) is 12.1 Å². The van der Waals surface area contributed by atoms with Crippen molar-refractivity contribution in [3.05, 3.63) is 29.6 Å². The lowest BCUT2D eigenvalue weighted by molar-refractivity contribution is -0.144. The molecule has 0 aromatic carbocycles. The Balaban J connectivity index is 2.05. The van der Waals surface area contributed by atoms with Gasteiger partial charge in [0.15, 0.2) is 0 Å². The topological polar surface area (TPSA) is 70.5 Å². The first-order valence-corrected chi connectivity index (χ1v) is 5.99. The molecule has 1 aliphatic carbocycles. The van der Waals surface area contributed by atoms with Crippen LogP contribution in [-0.2, 0) is 16.0 Å². The Bertz CT molecular complexity index is 469. The van der Waals surface area contributed by atoms with Gasteiger partial charge in [0, 0.05) is 12.2 Å². The molecule has 1 aliphatic rings. The quantitative estimate of drug-likeness (QED) is 0.844. The summed E-state index contributed by atoms with van der Waals surface area (Å²) in [6.45, 7) is 1.68. The summed E-state index contributed by atoms with van der Waals surface area (Å²) < 4.78 is 0. The van der Waals surface area contributed by atoms with Crippen LogP contribution in [0.25, 0.3) is 0 Å². The summed E-state index contributed by atoms with van der Waals surface area (Å²) in [6, 6.07) is 3.82.